The predicted molar refractivity (Wildman–Crippen MR) is 89.8 cm³/mol. The summed E-state index contributed by atoms with van der Waals surface area (Å²) < 4.78 is 0. The van der Waals surface area contributed by atoms with Gasteiger partial charge in [-0.2, -0.15) is 5.10 Å². The van der Waals surface area contributed by atoms with Crippen LogP contribution in [0.15, 0.2) is 30.8 Å². The van der Waals surface area contributed by atoms with Gasteiger partial charge in [-0.25, -0.2) is 0 Å². The molecule has 0 saturated carbocycles. The smallest absolute Gasteiger partial charge is 0.269 e. The van der Waals surface area contributed by atoms with Gasteiger partial charge in [-0.05, 0) is 43.5 Å². The Bertz CT molecular complexity index is 745. The number of aromatic nitrogens is 2. The molecule has 1 aromatic heterocycles. The number of H-pyrrole nitrogens is 1. The average Bonchev–Trinajstić information content (AvgIpc) is 2.89. The van der Waals surface area contributed by atoms with Gasteiger partial charge >= 0.3 is 0 Å². The number of amides is 1. The van der Waals surface area contributed by atoms with Gasteiger partial charge in [0.25, 0.3) is 5.69 Å². The topological polar surface area (TPSA) is 113 Å². The SMILES string of the molecule is C=C(NNC(=O)CCc1c(C)n[nH]c1C)c1ccc([N+](=O)[O-])cc1. The Morgan fingerprint density at radius 2 is 1.96 bits per heavy atom. The monoisotopic (exact) mass is 329 g/mol. The van der Waals surface area contributed by atoms with Gasteiger partial charge in [-0.1, -0.05) is 6.58 Å². The molecule has 1 aromatic carbocycles. The number of aryl methyl sites for hydroxylation is 2. The molecule has 0 aliphatic rings. The summed E-state index contributed by atoms with van der Waals surface area (Å²) in [4.78, 5) is 22.1. The predicted octanol–water partition coefficient (Wildman–Crippen LogP) is 2.16. The van der Waals surface area contributed by atoms with E-state index < -0.39 is 4.92 Å². The fraction of sp³-hybridized carbons (Fsp3) is 0.250. The molecule has 0 unspecified atom stereocenters. The standard InChI is InChI=1S/C16H19N5O3/c1-10(13-4-6-14(7-5-13)21(23)24)17-20-16(22)9-8-15-11(2)18-19-12(15)3/h4-7,17H,1,8-9H2,2-3H3,(H,18,19)(H,20,22). The molecule has 0 saturated heterocycles. The lowest BCUT2D eigenvalue weighted by molar-refractivity contribution is -0.384. The minimum atomic E-state index is -0.471. The highest BCUT2D eigenvalue weighted by atomic mass is 16.6. The second kappa shape index (κ2) is 7.40. The van der Waals surface area contributed by atoms with Gasteiger partial charge in [0.2, 0.25) is 5.91 Å². The molecule has 126 valence electrons. The van der Waals surface area contributed by atoms with Gasteiger partial charge < -0.3 is 0 Å². The van der Waals surface area contributed by atoms with Crippen LogP contribution in [-0.4, -0.2) is 21.0 Å². The van der Waals surface area contributed by atoms with Crippen LogP contribution in [0.25, 0.3) is 5.70 Å². The van der Waals surface area contributed by atoms with Crippen molar-refractivity contribution in [2.45, 2.75) is 26.7 Å². The van der Waals surface area contributed by atoms with Crippen LogP contribution in [-0.2, 0) is 11.2 Å². The number of rotatable bonds is 7. The van der Waals surface area contributed by atoms with E-state index in [1.54, 1.807) is 12.1 Å². The third-order valence-corrected chi connectivity index (χ3v) is 3.66. The van der Waals surface area contributed by atoms with Crippen molar-refractivity contribution in [2.75, 3.05) is 0 Å². The van der Waals surface area contributed by atoms with E-state index in [1.165, 1.54) is 12.1 Å². The summed E-state index contributed by atoms with van der Waals surface area (Å²) in [5.74, 6) is -0.182. The van der Waals surface area contributed by atoms with E-state index in [2.05, 4.69) is 27.6 Å². The van der Waals surface area contributed by atoms with Crippen LogP contribution in [0, 0.1) is 24.0 Å². The molecule has 0 fully saturated rings. The van der Waals surface area contributed by atoms with Crippen molar-refractivity contribution >= 4 is 17.3 Å². The lowest BCUT2D eigenvalue weighted by atomic mass is 10.1. The van der Waals surface area contributed by atoms with Crippen molar-refractivity contribution in [3.8, 4) is 0 Å². The number of nitro benzene ring substituents is 1. The Morgan fingerprint density at radius 3 is 2.50 bits per heavy atom. The van der Waals surface area contributed by atoms with Crippen LogP contribution in [0.4, 0.5) is 5.69 Å². The minimum absolute atomic E-state index is 0.00133. The summed E-state index contributed by atoms with van der Waals surface area (Å²) in [6, 6.07) is 5.90. The van der Waals surface area contributed by atoms with Gasteiger partial charge in [-0.15, -0.1) is 0 Å². The number of nitrogens with one attached hydrogen (secondary N) is 3. The second-order valence-electron chi connectivity index (χ2n) is 5.37. The molecular formula is C16H19N5O3. The number of nitrogens with zero attached hydrogens (tertiary/aromatic N) is 2. The zero-order chi connectivity index (χ0) is 17.7. The van der Waals surface area contributed by atoms with Gasteiger partial charge in [0.1, 0.15) is 0 Å². The molecule has 24 heavy (non-hydrogen) atoms. The molecule has 8 heteroatoms. The molecule has 3 N–H and O–H groups in total. The highest BCUT2D eigenvalue weighted by molar-refractivity contribution is 5.77. The largest absolute Gasteiger partial charge is 0.299 e. The first kappa shape index (κ1) is 17.2. The maximum atomic E-state index is 11.9. The molecule has 2 rings (SSSR count). The summed E-state index contributed by atoms with van der Waals surface area (Å²) in [5, 5.41) is 17.6. The van der Waals surface area contributed by atoms with E-state index in [9.17, 15) is 14.9 Å². The van der Waals surface area contributed by atoms with E-state index >= 15 is 0 Å². The van der Waals surface area contributed by atoms with Crippen molar-refractivity contribution in [3.05, 3.63) is 63.5 Å². The number of benzene rings is 1. The van der Waals surface area contributed by atoms with E-state index in [-0.39, 0.29) is 11.6 Å². The molecule has 1 heterocycles. The number of carbonyl (C=O) groups is 1. The quantitative estimate of drug-likeness (QED) is 0.532. The molecule has 0 radical (unpaired) electrons. The Labute approximate surface area is 139 Å². The zero-order valence-corrected chi connectivity index (χ0v) is 13.5. The van der Waals surface area contributed by atoms with Gasteiger partial charge in [0.05, 0.1) is 16.3 Å². The first-order chi connectivity index (χ1) is 11.4. The Hall–Kier alpha value is -3.16. The molecular weight excluding hydrogens is 310 g/mol. The second-order valence-corrected chi connectivity index (χ2v) is 5.37. The fourth-order valence-electron chi connectivity index (χ4n) is 2.25. The summed E-state index contributed by atoms with van der Waals surface area (Å²) in [5.41, 5.74) is 9.29. The van der Waals surface area contributed by atoms with Crippen molar-refractivity contribution in [2.24, 2.45) is 0 Å². The van der Waals surface area contributed by atoms with Crippen LogP contribution in [0.3, 0.4) is 0 Å². The van der Waals surface area contributed by atoms with Crippen LogP contribution < -0.4 is 10.9 Å². The zero-order valence-electron chi connectivity index (χ0n) is 13.5. The first-order valence-electron chi connectivity index (χ1n) is 7.37. The van der Waals surface area contributed by atoms with E-state index in [1.807, 2.05) is 13.8 Å². The Morgan fingerprint density at radius 1 is 1.29 bits per heavy atom. The maximum Gasteiger partial charge on any atom is 0.269 e. The lowest BCUT2D eigenvalue weighted by Gasteiger charge is -2.11. The average molecular weight is 329 g/mol. The Balaban J connectivity index is 1.82. The molecule has 0 aliphatic carbocycles. The number of aromatic amines is 1. The van der Waals surface area contributed by atoms with Gasteiger partial charge in [0, 0.05) is 24.2 Å². The summed E-state index contributed by atoms with van der Waals surface area (Å²) in [7, 11) is 0. The normalized spacial score (nSPS) is 10.2. The molecule has 0 spiro atoms. The molecule has 8 nitrogen and oxygen atoms in total. The van der Waals surface area contributed by atoms with Crippen LogP contribution in [0.1, 0.15) is 28.9 Å². The first-order valence-corrected chi connectivity index (χ1v) is 7.37. The maximum absolute atomic E-state index is 11.9. The highest BCUT2D eigenvalue weighted by Crippen LogP contribution is 2.15. The van der Waals surface area contributed by atoms with E-state index in [4.69, 9.17) is 0 Å². The van der Waals surface area contributed by atoms with Crippen molar-refractivity contribution in [1.82, 2.24) is 21.0 Å². The number of hydrazine groups is 1. The van der Waals surface area contributed by atoms with Crippen LogP contribution >= 0.6 is 0 Å². The lowest BCUT2D eigenvalue weighted by Crippen LogP contribution is -2.36. The highest BCUT2D eigenvalue weighted by Gasteiger charge is 2.10. The van der Waals surface area contributed by atoms with Crippen molar-refractivity contribution in [3.63, 3.8) is 0 Å². The Kier molecular flexibility index (Phi) is 5.31. The van der Waals surface area contributed by atoms with Crippen LogP contribution in [0.5, 0.6) is 0 Å². The summed E-state index contributed by atoms with van der Waals surface area (Å²) in [6.07, 6.45) is 0.896. The summed E-state index contributed by atoms with van der Waals surface area (Å²) >= 11 is 0. The van der Waals surface area contributed by atoms with Gasteiger partial charge in [0.15, 0.2) is 0 Å². The number of nitro groups is 1. The van der Waals surface area contributed by atoms with E-state index in [0.717, 1.165) is 17.0 Å². The van der Waals surface area contributed by atoms with E-state index in [0.29, 0.717) is 24.1 Å². The third-order valence-electron chi connectivity index (χ3n) is 3.66. The minimum Gasteiger partial charge on any atom is -0.299 e. The number of hydrogen-bond acceptors (Lipinski definition) is 5. The third kappa shape index (κ3) is 4.19. The number of carbonyl (C=O) groups excluding carboxylic acids is 1. The van der Waals surface area contributed by atoms with Crippen molar-refractivity contribution in [1.29, 1.82) is 0 Å². The molecule has 0 atom stereocenters. The summed E-state index contributed by atoms with van der Waals surface area (Å²) in [6.45, 7) is 7.61. The molecule has 0 bridgehead atoms. The number of hydrogen-bond donors (Lipinski definition) is 3. The fourth-order valence-corrected chi connectivity index (χ4v) is 2.25. The van der Waals surface area contributed by atoms with Gasteiger partial charge in [-0.3, -0.25) is 30.9 Å². The molecule has 2 aromatic rings. The number of non-ortho nitro benzene ring substituents is 1. The van der Waals surface area contributed by atoms with Crippen LogP contribution in [0.2, 0.25) is 0 Å². The molecule has 1 amide bonds. The molecule has 0 aliphatic heterocycles. The van der Waals surface area contributed by atoms with Crippen molar-refractivity contribution < 1.29 is 9.72 Å².